The van der Waals surface area contributed by atoms with Gasteiger partial charge in [-0.2, -0.15) is 0 Å². The van der Waals surface area contributed by atoms with Crippen molar-refractivity contribution in [1.29, 1.82) is 0 Å². The topological polar surface area (TPSA) is 96.0 Å². The number of nitrogens with one attached hydrogen (secondary N) is 1. The fourth-order valence-electron chi connectivity index (χ4n) is 4.51. The van der Waals surface area contributed by atoms with E-state index in [-0.39, 0.29) is 17.3 Å². The first-order valence-electron chi connectivity index (χ1n) is 14.4. The standard InChI is InChI=1S/C32H40ClN3O5S2/c1-5-8-21-34-32(38)30(6-2)35(22-24-11-9-10-12-29(24)33)31(37)23-36(25-13-15-26(16-14-25)41-7-3)43(39,40)28-19-17-27(42-4)18-20-28/h9-20,30H,5-8,21-23H2,1-4H3,(H,34,38). The number of rotatable bonds is 16. The lowest BCUT2D eigenvalue weighted by molar-refractivity contribution is -0.140. The van der Waals surface area contributed by atoms with Crippen LogP contribution in [0.5, 0.6) is 5.75 Å². The number of unbranched alkanes of at least 4 members (excludes halogenated alkanes) is 1. The average Bonchev–Trinajstić information content (AvgIpc) is 3.01. The maximum Gasteiger partial charge on any atom is 0.264 e. The molecule has 1 N–H and O–H groups in total. The van der Waals surface area contributed by atoms with Crippen LogP contribution in [0.1, 0.15) is 45.6 Å². The highest BCUT2D eigenvalue weighted by molar-refractivity contribution is 7.98. The van der Waals surface area contributed by atoms with Gasteiger partial charge in [-0.3, -0.25) is 13.9 Å². The molecule has 0 radical (unpaired) electrons. The average molecular weight is 646 g/mol. The molecule has 0 aromatic heterocycles. The van der Waals surface area contributed by atoms with Gasteiger partial charge in [0.25, 0.3) is 10.0 Å². The van der Waals surface area contributed by atoms with E-state index in [2.05, 4.69) is 5.32 Å². The Morgan fingerprint density at radius 2 is 1.65 bits per heavy atom. The molecule has 3 rings (SSSR count). The summed E-state index contributed by atoms with van der Waals surface area (Å²) in [6.45, 7) is 6.17. The molecule has 0 bridgehead atoms. The van der Waals surface area contributed by atoms with Gasteiger partial charge in [-0.25, -0.2) is 8.42 Å². The van der Waals surface area contributed by atoms with Crippen LogP contribution in [0.2, 0.25) is 5.02 Å². The Balaban J connectivity index is 2.05. The van der Waals surface area contributed by atoms with E-state index in [0.29, 0.717) is 41.6 Å². The summed E-state index contributed by atoms with van der Waals surface area (Å²) in [6.07, 6.45) is 3.95. The van der Waals surface area contributed by atoms with Crippen molar-refractivity contribution >= 4 is 50.9 Å². The molecule has 1 atom stereocenters. The Morgan fingerprint density at radius 3 is 2.23 bits per heavy atom. The molecule has 2 amide bonds. The minimum absolute atomic E-state index is 0.0395. The fourth-order valence-corrected chi connectivity index (χ4v) is 6.53. The van der Waals surface area contributed by atoms with E-state index >= 15 is 0 Å². The van der Waals surface area contributed by atoms with Crippen LogP contribution in [0.4, 0.5) is 5.69 Å². The van der Waals surface area contributed by atoms with Gasteiger partial charge in [-0.05, 0) is 86.2 Å². The van der Waals surface area contributed by atoms with Crippen molar-refractivity contribution in [2.45, 2.75) is 62.4 Å². The van der Waals surface area contributed by atoms with Gasteiger partial charge in [-0.15, -0.1) is 11.8 Å². The second kappa shape index (κ2) is 16.6. The maximum absolute atomic E-state index is 14.2. The zero-order chi connectivity index (χ0) is 31.4. The molecular formula is C32H40ClN3O5S2. The van der Waals surface area contributed by atoms with Crippen LogP contribution in [0.15, 0.2) is 82.6 Å². The maximum atomic E-state index is 14.2. The number of amides is 2. The van der Waals surface area contributed by atoms with Crippen LogP contribution in [0.3, 0.4) is 0 Å². The quantitative estimate of drug-likeness (QED) is 0.143. The molecule has 232 valence electrons. The number of thioether (sulfide) groups is 1. The van der Waals surface area contributed by atoms with Gasteiger partial charge < -0.3 is 15.0 Å². The normalized spacial score (nSPS) is 11.9. The minimum atomic E-state index is -4.17. The van der Waals surface area contributed by atoms with Crippen molar-refractivity contribution < 1.29 is 22.7 Å². The largest absolute Gasteiger partial charge is 0.494 e. The van der Waals surface area contributed by atoms with Gasteiger partial charge in [0.05, 0.1) is 17.2 Å². The molecule has 11 heteroatoms. The number of sulfonamides is 1. The molecule has 0 fully saturated rings. The molecule has 1 unspecified atom stereocenters. The highest BCUT2D eigenvalue weighted by atomic mass is 35.5. The first-order chi connectivity index (χ1) is 20.7. The van der Waals surface area contributed by atoms with Gasteiger partial charge in [0, 0.05) is 23.0 Å². The monoisotopic (exact) mass is 645 g/mol. The van der Waals surface area contributed by atoms with Crippen molar-refractivity contribution in [3.63, 3.8) is 0 Å². The highest BCUT2D eigenvalue weighted by Crippen LogP contribution is 2.28. The van der Waals surface area contributed by atoms with Crippen LogP contribution in [-0.4, -0.2) is 57.1 Å². The lowest BCUT2D eigenvalue weighted by atomic mass is 10.1. The van der Waals surface area contributed by atoms with Gasteiger partial charge in [0.15, 0.2) is 0 Å². The SMILES string of the molecule is CCCCNC(=O)C(CC)N(Cc1ccccc1Cl)C(=O)CN(c1ccc(OCC)cc1)S(=O)(=O)c1ccc(SC)cc1. The minimum Gasteiger partial charge on any atom is -0.494 e. The first-order valence-corrected chi connectivity index (χ1v) is 17.4. The van der Waals surface area contributed by atoms with Gasteiger partial charge in [-0.1, -0.05) is 50.1 Å². The predicted octanol–water partition coefficient (Wildman–Crippen LogP) is 6.38. The third-order valence-corrected chi connectivity index (χ3v) is 9.78. The van der Waals surface area contributed by atoms with E-state index in [1.165, 1.54) is 28.8 Å². The summed E-state index contributed by atoms with van der Waals surface area (Å²) in [5, 5.41) is 3.38. The molecular weight excluding hydrogens is 606 g/mol. The molecule has 0 spiro atoms. The van der Waals surface area contributed by atoms with Crippen molar-refractivity contribution in [1.82, 2.24) is 10.2 Å². The second-order valence-corrected chi connectivity index (χ2v) is 12.9. The van der Waals surface area contributed by atoms with Gasteiger partial charge >= 0.3 is 0 Å². The Labute approximate surface area is 264 Å². The Hall–Kier alpha value is -3.21. The second-order valence-electron chi connectivity index (χ2n) is 9.80. The fraction of sp³-hybridized carbons (Fsp3) is 0.375. The number of carbonyl (C=O) groups is 2. The summed E-state index contributed by atoms with van der Waals surface area (Å²) in [5.41, 5.74) is 0.948. The van der Waals surface area contributed by atoms with Crippen LogP contribution in [0.25, 0.3) is 0 Å². The first kappa shape index (κ1) is 34.3. The number of ether oxygens (including phenoxy) is 1. The summed E-state index contributed by atoms with van der Waals surface area (Å²) in [5.74, 6) is -0.246. The lowest BCUT2D eigenvalue weighted by Crippen LogP contribution is -2.52. The molecule has 0 heterocycles. The number of halogens is 1. The highest BCUT2D eigenvalue weighted by Gasteiger charge is 2.34. The number of carbonyl (C=O) groups excluding carboxylic acids is 2. The molecule has 43 heavy (non-hydrogen) atoms. The zero-order valence-corrected chi connectivity index (χ0v) is 27.5. The van der Waals surface area contributed by atoms with E-state index in [4.69, 9.17) is 16.3 Å². The zero-order valence-electron chi connectivity index (χ0n) is 25.1. The Kier molecular flexibility index (Phi) is 13.2. The molecule has 0 saturated heterocycles. The number of anilines is 1. The smallest absolute Gasteiger partial charge is 0.264 e. The molecule has 3 aromatic carbocycles. The number of hydrogen-bond donors (Lipinski definition) is 1. The van der Waals surface area contributed by atoms with E-state index in [0.717, 1.165) is 22.0 Å². The molecule has 0 aliphatic rings. The Bertz CT molecular complexity index is 1450. The van der Waals surface area contributed by atoms with Gasteiger partial charge in [0.1, 0.15) is 18.3 Å². The summed E-state index contributed by atoms with van der Waals surface area (Å²) >= 11 is 7.96. The predicted molar refractivity (Wildman–Crippen MR) is 174 cm³/mol. The van der Waals surface area contributed by atoms with Crippen LogP contribution in [0, 0.1) is 0 Å². The van der Waals surface area contributed by atoms with Crippen LogP contribution >= 0.6 is 23.4 Å². The van der Waals surface area contributed by atoms with Crippen LogP contribution in [-0.2, 0) is 26.2 Å². The number of hydrogen-bond acceptors (Lipinski definition) is 6. The molecule has 3 aromatic rings. The van der Waals surface area contributed by atoms with Crippen molar-refractivity contribution in [2.24, 2.45) is 0 Å². The van der Waals surface area contributed by atoms with E-state index in [9.17, 15) is 18.0 Å². The summed E-state index contributed by atoms with van der Waals surface area (Å²) in [4.78, 5) is 29.9. The number of benzene rings is 3. The molecule has 8 nitrogen and oxygen atoms in total. The third-order valence-electron chi connectivity index (χ3n) is 6.88. The lowest BCUT2D eigenvalue weighted by Gasteiger charge is -2.33. The third kappa shape index (κ3) is 9.14. The van der Waals surface area contributed by atoms with Crippen molar-refractivity contribution in [3.05, 3.63) is 83.4 Å². The summed E-state index contributed by atoms with van der Waals surface area (Å²) in [6, 6.07) is 19.4. The molecule has 0 aliphatic heterocycles. The van der Waals surface area contributed by atoms with Gasteiger partial charge in [0.2, 0.25) is 11.8 Å². The van der Waals surface area contributed by atoms with E-state index < -0.39 is 28.5 Å². The number of nitrogens with zero attached hydrogens (tertiary/aromatic N) is 2. The summed E-state index contributed by atoms with van der Waals surface area (Å²) < 4.78 is 34.8. The van der Waals surface area contributed by atoms with E-state index in [1.807, 2.05) is 27.0 Å². The van der Waals surface area contributed by atoms with E-state index in [1.54, 1.807) is 60.7 Å². The molecule has 0 aliphatic carbocycles. The molecule has 0 saturated carbocycles. The van der Waals surface area contributed by atoms with Crippen molar-refractivity contribution in [3.8, 4) is 5.75 Å². The van der Waals surface area contributed by atoms with Crippen LogP contribution < -0.4 is 14.4 Å². The Morgan fingerprint density at radius 1 is 0.977 bits per heavy atom. The summed E-state index contributed by atoms with van der Waals surface area (Å²) in [7, 11) is -4.17. The van der Waals surface area contributed by atoms with Crippen molar-refractivity contribution in [2.75, 3.05) is 30.3 Å².